The fourth-order valence-electron chi connectivity index (χ4n) is 2.31. The molecule has 0 saturated carbocycles. The average Bonchev–Trinajstić information content (AvgIpc) is 3.29. The maximum absolute atomic E-state index is 12.3. The summed E-state index contributed by atoms with van der Waals surface area (Å²) >= 11 is 0. The first kappa shape index (κ1) is 16.4. The Morgan fingerprint density at radius 1 is 1.32 bits per heavy atom. The average molecular weight is 340 g/mol. The molecule has 0 aliphatic rings. The van der Waals surface area contributed by atoms with Gasteiger partial charge >= 0.3 is 5.97 Å². The number of pyridine rings is 1. The van der Waals surface area contributed by atoms with Gasteiger partial charge in [-0.3, -0.25) is 9.36 Å². The molecule has 0 radical (unpaired) electrons. The van der Waals surface area contributed by atoms with Crippen molar-refractivity contribution in [2.75, 3.05) is 7.11 Å². The van der Waals surface area contributed by atoms with E-state index in [0.29, 0.717) is 28.5 Å². The number of imidazole rings is 1. The Balaban J connectivity index is 1.69. The van der Waals surface area contributed by atoms with Gasteiger partial charge in [-0.25, -0.2) is 14.8 Å². The predicted molar refractivity (Wildman–Crippen MR) is 87.3 cm³/mol. The second-order valence-corrected chi connectivity index (χ2v) is 5.23. The number of carbonyl (C=O) groups excluding carboxylic acids is 2. The lowest BCUT2D eigenvalue weighted by atomic mass is 10.2. The van der Waals surface area contributed by atoms with Gasteiger partial charge in [-0.1, -0.05) is 0 Å². The summed E-state index contributed by atoms with van der Waals surface area (Å²) < 4.78 is 11.8. The van der Waals surface area contributed by atoms with Gasteiger partial charge < -0.3 is 14.5 Å². The third-order valence-electron chi connectivity index (χ3n) is 3.57. The van der Waals surface area contributed by atoms with Crippen LogP contribution < -0.4 is 5.32 Å². The summed E-state index contributed by atoms with van der Waals surface area (Å²) in [6, 6.07) is 4.83. The van der Waals surface area contributed by atoms with Crippen molar-refractivity contribution in [2.24, 2.45) is 0 Å². The number of aromatic nitrogens is 3. The van der Waals surface area contributed by atoms with Gasteiger partial charge in [0.15, 0.2) is 0 Å². The molecule has 128 valence electrons. The molecular formula is C17H16N4O4. The molecule has 0 bridgehead atoms. The minimum absolute atomic E-state index is 0.152. The number of hydrogen-bond acceptors (Lipinski definition) is 6. The number of nitrogens with one attached hydrogen (secondary N) is 1. The fraction of sp³-hybridized carbons (Fsp3) is 0.176. The summed E-state index contributed by atoms with van der Waals surface area (Å²) in [5, 5.41) is 2.75. The van der Waals surface area contributed by atoms with Crippen LogP contribution >= 0.6 is 0 Å². The Bertz CT molecular complexity index is 899. The van der Waals surface area contributed by atoms with E-state index in [-0.39, 0.29) is 12.5 Å². The third kappa shape index (κ3) is 3.57. The van der Waals surface area contributed by atoms with E-state index >= 15 is 0 Å². The van der Waals surface area contributed by atoms with E-state index in [1.54, 1.807) is 54.6 Å². The Morgan fingerprint density at radius 3 is 2.88 bits per heavy atom. The highest BCUT2D eigenvalue weighted by Gasteiger charge is 2.16. The van der Waals surface area contributed by atoms with Gasteiger partial charge in [-0.2, -0.15) is 0 Å². The first-order chi connectivity index (χ1) is 12.1. The quantitative estimate of drug-likeness (QED) is 0.712. The zero-order chi connectivity index (χ0) is 17.8. The summed E-state index contributed by atoms with van der Waals surface area (Å²) in [6.07, 6.45) is 6.52. The summed E-state index contributed by atoms with van der Waals surface area (Å²) in [7, 11) is 1.30. The minimum atomic E-state index is -0.474. The van der Waals surface area contributed by atoms with Crippen LogP contribution in [0.3, 0.4) is 0 Å². The van der Waals surface area contributed by atoms with Crippen molar-refractivity contribution in [2.45, 2.75) is 13.5 Å². The molecule has 1 N–H and O–H groups in total. The van der Waals surface area contributed by atoms with E-state index in [4.69, 9.17) is 4.42 Å². The van der Waals surface area contributed by atoms with E-state index in [9.17, 15) is 9.59 Å². The molecule has 3 aromatic rings. The zero-order valence-electron chi connectivity index (χ0n) is 13.7. The highest BCUT2D eigenvalue weighted by Crippen LogP contribution is 2.16. The fourth-order valence-corrected chi connectivity index (χ4v) is 2.31. The largest absolute Gasteiger partial charge is 0.465 e. The van der Waals surface area contributed by atoms with Gasteiger partial charge in [0.1, 0.15) is 29.2 Å². The lowest BCUT2D eigenvalue weighted by Gasteiger charge is -2.05. The molecule has 0 saturated heterocycles. The molecule has 0 unspecified atom stereocenters. The van der Waals surface area contributed by atoms with Crippen LogP contribution in [0, 0.1) is 6.92 Å². The summed E-state index contributed by atoms with van der Waals surface area (Å²) in [5.74, 6) is 0.750. The molecule has 0 fully saturated rings. The van der Waals surface area contributed by atoms with Crippen LogP contribution in [-0.4, -0.2) is 33.5 Å². The maximum atomic E-state index is 12.3. The lowest BCUT2D eigenvalue weighted by molar-refractivity contribution is 0.0598. The van der Waals surface area contributed by atoms with Crippen LogP contribution in [0.5, 0.6) is 0 Å². The highest BCUT2D eigenvalue weighted by atomic mass is 16.5. The van der Waals surface area contributed by atoms with Crippen LogP contribution in [-0.2, 0) is 11.3 Å². The number of amides is 1. The van der Waals surface area contributed by atoms with Gasteiger partial charge in [0.25, 0.3) is 5.91 Å². The van der Waals surface area contributed by atoms with Gasteiger partial charge in [0, 0.05) is 24.2 Å². The normalized spacial score (nSPS) is 10.5. The number of furan rings is 1. The molecule has 8 nitrogen and oxygen atoms in total. The molecule has 1 amide bonds. The van der Waals surface area contributed by atoms with E-state index in [1.165, 1.54) is 7.11 Å². The molecule has 3 heterocycles. The number of carbonyl (C=O) groups is 2. The van der Waals surface area contributed by atoms with Crippen molar-refractivity contribution >= 4 is 11.9 Å². The predicted octanol–water partition coefficient (Wildman–Crippen LogP) is 1.89. The van der Waals surface area contributed by atoms with Crippen LogP contribution in [0.1, 0.15) is 32.2 Å². The molecule has 0 aliphatic heterocycles. The molecule has 0 spiro atoms. The highest BCUT2D eigenvalue weighted by molar-refractivity contribution is 5.94. The van der Waals surface area contributed by atoms with Crippen LogP contribution in [0.15, 0.2) is 47.5 Å². The SMILES string of the molecule is COC(=O)c1cc(CNC(=O)c2ccnc(-n3ccnc3)c2)oc1C. The van der Waals surface area contributed by atoms with Crippen LogP contribution in [0.25, 0.3) is 5.82 Å². The summed E-state index contributed by atoms with van der Waals surface area (Å²) in [6.45, 7) is 1.82. The number of nitrogens with zero attached hydrogens (tertiary/aromatic N) is 3. The Kier molecular flexibility index (Phi) is 4.60. The Labute approximate surface area is 143 Å². The van der Waals surface area contributed by atoms with Crippen molar-refractivity contribution in [3.8, 4) is 5.82 Å². The number of rotatable bonds is 5. The van der Waals surface area contributed by atoms with Gasteiger partial charge in [0.2, 0.25) is 0 Å². The maximum Gasteiger partial charge on any atom is 0.341 e. The third-order valence-corrected chi connectivity index (χ3v) is 3.57. The van der Waals surface area contributed by atoms with E-state index in [0.717, 1.165) is 0 Å². The number of methoxy groups -OCH3 is 1. The first-order valence-electron chi connectivity index (χ1n) is 7.48. The van der Waals surface area contributed by atoms with Gasteiger partial charge in [-0.15, -0.1) is 0 Å². The lowest BCUT2D eigenvalue weighted by Crippen LogP contribution is -2.22. The van der Waals surface area contributed by atoms with E-state index < -0.39 is 5.97 Å². The molecular weight excluding hydrogens is 324 g/mol. The molecule has 0 atom stereocenters. The second-order valence-electron chi connectivity index (χ2n) is 5.23. The molecule has 0 aromatic carbocycles. The Morgan fingerprint density at radius 2 is 2.16 bits per heavy atom. The van der Waals surface area contributed by atoms with Crippen LogP contribution in [0.4, 0.5) is 0 Å². The standard InChI is InChI=1S/C17H16N4O4/c1-11-14(17(23)24-2)8-13(25-11)9-20-16(22)12-3-4-19-15(7-12)21-6-5-18-10-21/h3-8,10H,9H2,1-2H3,(H,20,22). The van der Waals surface area contributed by atoms with Crippen molar-refractivity contribution in [1.82, 2.24) is 19.9 Å². The molecule has 25 heavy (non-hydrogen) atoms. The topological polar surface area (TPSA) is 99.2 Å². The van der Waals surface area contributed by atoms with Gasteiger partial charge in [-0.05, 0) is 25.1 Å². The monoisotopic (exact) mass is 340 g/mol. The first-order valence-corrected chi connectivity index (χ1v) is 7.48. The van der Waals surface area contributed by atoms with Crippen molar-refractivity contribution < 1.29 is 18.7 Å². The van der Waals surface area contributed by atoms with Crippen molar-refractivity contribution in [3.63, 3.8) is 0 Å². The second kappa shape index (κ2) is 7.00. The van der Waals surface area contributed by atoms with Crippen molar-refractivity contribution in [3.05, 3.63) is 65.8 Å². The number of aryl methyl sites for hydroxylation is 1. The Hall–Kier alpha value is -3.42. The molecule has 0 aliphatic carbocycles. The number of esters is 1. The summed E-state index contributed by atoms with van der Waals surface area (Å²) in [4.78, 5) is 32.1. The van der Waals surface area contributed by atoms with E-state index in [2.05, 4.69) is 20.0 Å². The molecule has 3 aromatic heterocycles. The number of ether oxygens (including phenoxy) is 1. The van der Waals surface area contributed by atoms with Crippen molar-refractivity contribution in [1.29, 1.82) is 0 Å². The van der Waals surface area contributed by atoms with Crippen LogP contribution in [0.2, 0.25) is 0 Å². The van der Waals surface area contributed by atoms with Gasteiger partial charge in [0.05, 0.1) is 13.7 Å². The minimum Gasteiger partial charge on any atom is -0.465 e. The van der Waals surface area contributed by atoms with E-state index in [1.807, 2.05) is 0 Å². The number of hydrogen-bond donors (Lipinski definition) is 1. The zero-order valence-corrected chi connectivity index (χ0v) is 13.7. The molecule has 8 heteroatoms. The smallest absolute Gasteiger partial charge is 0.341 e. The summed E-state index contributed by atoms with van der Waals surface area (Å²) in [5.41, 5.74) is 0.799. The molecule has 3 rings (SSSR count).